The number of carbonyl (C=O) groups is 1. The number of hydrogen-bond acceptors (Lipinski definition) is 4. The molecular weight excluding hydrogens is 258 g/mol. The SMILES string of the molecule is CN(Cc1ccccc1[N+](=O)[O-])C(=O)C1(C)CCNC1. The summed E-state index contributed by atoms with van der Waals surface area (Å²) in [4.78, 5) is 24.6. The lowest BCUT2D eigenvalue weighted by molar-refractivity contribution is -0.385. The van der Waals surface area contributed by atoms with Gasteiger partial charge in [-0.1, -0.05) is 18.2 Å². The monoisotopic (exact) mass is 277 g/mol. The van der Waals surface area contributed by atoms with E-state index in [-0.39, 0.29) is 18.1 Å². The average Bonchev–Trinajstić information content (AvgIpc) is 2.86. The van der Waals surface area contributed by atoms with E-state index in [0.29, 0.717) is 12.1 Å². The van der Waals surface area contributed by atoms with E-state index in [0.717, 1.165) is 13.0 Å². The molecule has 1 heterocycles. The molecule has 0 spiro atoms. The zero-order chi connectivity index (χ0) is 14.8. The van der Waals surface area contributed by atoms with Crippen LogP contribution in [0.25, 0.3) is 0 Å². The van der Waals surface area contributed by atoms with Crippen LogP contribution in [-0.2, 0) is 11.3 Å². The molecule has 0 aromatic heterocycles. The summed E-state index contributed by atoms with van der Waals surface area (Å²) in [6, 6.07) is 6.54. The van der Waals surface area contributed by atoms with Crippen LogP contribution in [0.1, 0.15) is 18.9 Å². The van der Waals surface area contributed by atoms with Crippen molar-refractivity contribution in [2.24, 2.45) is 5.41 Å². The molecule has 108 valence electrons. The van der Waals surface area contributed by atoms with Crippen LogP contribution >= 0.6 is 0 Å². The molecule has 0 saturated carbocycles. The maximum atomic E-state index is 12.5. The molecule has 1 aliphatic heterocycles. The number of amides is 1. The maximum absolute atomic E-state index is 12.5. The van der Waals surface area contributed by atoms with Crippen molar-refractivity contribution in [3.63, 3.8) is 0 Å². The van der Waals surface area contributed by atoms with Crippen molar-refractivity contribution in [3.05, 3.63) is 39.9 Å². The zero-order valence-corrected chi connectivity index (χ0v) is 11.8. The van der Waals surface area contributed by atoms with E-state index >= 15 is 0 Å². The fraction of sp³-hybridized carbons (Fsp3) is 0.500. The first kappa shape index (κ1) is 14.5. The molecule has 0 aliphatic carbocycles. The fourth-order valence-electron chi connectivity index (χ4n) is 2.61. The number of hydrogen-bond donors (Lipinski definition) is 1. The molecule has 1 aromatic carbocycles. The molecule has 2 rings (SSSR count). The summed E-state index contributed by atoms with van der Waals surface area (Å²) >= 11 is 0. The third kappa shape index (κ3) is 2.80. The van der Waals surface area contributed by atoms with Crippen LogP contribution in [0.5, 0.6) is 0 Å². The Hall–Kier alpha value is -1.95. The molecular formula is C14H19N3O3. The molecule has 1 N–H and O–H groups in total. The Morgan fingerprint density at radius 1 is 1.50 bits per heavy atom. The topological polar surface area (TPSA) is 75.5 Å². The van der Waals surface area contributed by atoms with Gasteiger partial charge >= 0.3 is 0 Å². The van der Waals surface area contributed by atoms with Gasteiger partial charge in [-0.25, -0.2) is 0 Å². The van der Waals surface area contributed by atoms with Gasteiger partial charge in [-0.3, -0.25) is 14.9 Å². The van der Waals surface area contributed by atoms with Crippen LogP contribution in [0.4, 0.5) is 5.69 Å². The smallest absolute Gasteiger partial charge is 0.274 e. The molecule has 1 aromatic rings. The second-order valence-corrected chi connectivity index (χ2v) is 5.53. The molecule has 0 radical (unpaired) electrons. The Kier molecular flexibility index (Phi) is 4.04. The summed E-state index contributed by atoms with van der Waals surface area (Å²) in [6.07, 6.45) is 0.799. The highest BCUT2D eigenvalue weighted by atomic mass is 16.6. The van der Waals surface area contributed by atoms with Crippen molar-refractivity contribution >= 4 is 11.6 Å². The van der Waals surface area contributed by atoms with Gasteiger partial charge in [-0.2, -0.15) is 0 Å². The second-order valence-electron chi connectivity index (χ2n) is 5.53. The van der Waals surface area contributed by atoms with E-state index < -0.39 is 10.3 Å². The van der Waals surface area contributed by atoms with Gasteiger partial charge in [-0.05, 0) is 19.9 Å². The number of para-hydroxylation sites is 1. The number of nitrogens with one attached hydrogen (secondary N) is 1. The normalized spacial score (nSPS) is 21.7. The van der Waals surface area contributed by atoms with Crippen LogP contribution < -0.4 is 5.32 Å². The Balaban J connectivity index is 2.14. The van der Waals surface area contributed by atoms with Gasteiger partial charge in [0.05, 0.1) is 16.9 Å². The highest BCUT2D eigenvalue weighted by molar-refractivity contribution is 5.82. The summed E-state index contributed by atoms with van der Waals surface area (Å²) in [5.41, 5.74) is 0.211. The van der Waals surface area contributed by atoms with Gasteiger partial charge in [0.2, 0.25) is 5.91 Å². The van der Waals surface area contributed by atoms with Gasteiger partial charge in [-0.15, -0.1) is 0 Å². The minimum atomic E-state index is -0.410. The quantitative estimate of drug-likeness (QED) is 0.669. The summed E-state index contributed by atoms with van der Waals surface area (Å²) < 4.78 is 0. The highest BCUT2D eigenvalue weighted by Crippen LogP contribution is 2.28. The molecule has 1 amide bonds. The van der Waals surface area contributed by atoms with Gasteiger partial charge in [0.1, 0.15) is 0 Å². The number of benzene rings is 1. The van der Waals surface area contributed by atoms with Crippen LogP contribution in [0.3, 0.4) is 0 Å². The number of nitrogens with zero attached hydrogens (tertiary/aromatic N) is 2. The number of nitro benzene ring substituents is 1. The lowest BCUT2D eigenvalue weighted by Gasteiger charge is -2.28. The van der Waals surface area contributed by atoms with Crippen molar-refractivity contribution in [1.82, 2.24) is 10.2 Å². The molecule has 1 unspecified atom stereocenters. The number of rotatable bonds is 4. The molecule has 6 heteroatoms. The van der Waals surface area contributed by atoms with Crippen molar-refractivity contribution in [3.8, 4) is 0 Å². The van der Waals surface area contributed by atoms with Gasteiger partial charge in [0.25, 0.3) is 5.69 Å². The summed E-state index contributed by atoms with van der Waals surface area (Å²) in [6.45, 7) is 3.69. The Bertz CT molecular complexity index is 524. The second kappa shape index (κ2) is 5.58. The summed E-state index contributed by atoms with van der Waals surface area (Å²) in [5, 5.41) is 14.2. The Labute approximate surface area is 117 Å². The molecule has 1 fully saturated rings. The van der Waals surface area contributed by atoms with Crippen LogP contribution in [-0.4, -0.2) is 35.9 Å². The van der Waals surface area contributed by atoms with Gasteiger partial charge in [0.15, 0.2) is 0 Å². The minimum Gasteiger partial charge on any atom is -0.341 e. The van der Waals surface area contributed by atoms with Crippen LogP contribution in [0, 0.1) is 15.5 Å². The maximum Gasteiger partial charge on any atom is 0.274 e. The first-order valence-corrected chi connectivity index (χ1v) is 6.63. The van der Waals surface area contributed by atoms with E-state index in [1.807, 2.05) is 6.92 Å². The largest absolute Gasteiger partial charge is 0.341 e. The van der Waals surface area contributed by atoms with E-state index in [1.165, 1.54) is 6.07 Å². The highest BCUT2D eigenvalue weighted by Gasteiger charge is 2.38. The fourth-order valence-corrected chi connectivity index (χ4v) is 2.61. The summed E-state index contributed by atoms with van der Waals surface area (Å²) in [7, 11) is 1.70. The van der Waals surface area contributed by atoms with Gasteiger partial charge in [0, 0.05) is 25.2 Å². The third-order valence-corrected chi connectivity index (χ3v) is 3.83. The average molecular weight is 277 g/mol. The van der Waals surface area contributed by atoms with Crippen molar-refractivity contribution in [1.29, 1.82) is 0 Å². The third-order valence-electron chi connectivity index (χ3n) is 3.83. The van der Waals surface area contributed by atoms with Crippen LogP contribution in [0.15, 0.2) is 24.3 Å². The Morgan fingerprint density at radius 3 is 2.80 bits per heavy atom. The first-order chi connectivity index (χ1) is 9.44. The predicted molar refractivity (Wildman–Crippen MR) is 75.2 cm³/mol. The summed E-state index contributed by atoms with van der Waals surface area (Å²) in [5.74, 6) is 0.0284. The molecule has 1 aliphatic rings. The first-order valence-electron chi connectivity index (χ1n) is 6.63. The number of nitro groups is 1. The molecule has 1 saturated heterocycles. The minimum absolute atomic E-state index is 0.0284. The van der Waals surface area contributed by atoms with Gasteiger partial charge < -0.3 is 10.2 Å². The number of carbonyl (C=O) groups excluding carboxylic acids is 1. The van der Waals surface area contributed by atoms with Crippen molar-refractivity contribution in [2.75, 3.05) is 20.1 Å². The van der Waals surface area contributed by atoms with E-state index in [9.17, 15) is 14.9 Å². The lowest BCUT2D eigenvalue weighted by atomic mass is 9.88. The van der Waals surface area contributed by atoms with E-state index in [1.54, 1.807) is 30.1 Å². The van der Waals surface area contributed by atoms with E-state index in [2.05, 4.69) is 5.32 Å². The zero-order valence-electron chi connectivity index (χ0n) is 11.8. The molecule has 0 bridgehead atoms. The van der Waals surface area contributed by atoms with Crippen molar-refractivity contribution < 1.29 is 9.72 Å². The molecule has 20 heavy (non-hydrogen) atoms. The van der Waals surface area contributed by atoms with Crippen molar-refractivity contribution in [2.45, 2.75) is 19.9 Å². The standard InChI is InChI=1S/C14H19N3O3/c1-14(7-8-15-10-14)13(18)16(2)9-11-5-3-4-6-12(11)17(19)20/h3-6,15H,7-10H2,1-2H3. The molecule has 6 nitrogen and oxygen atoms in total. The molecule has 1 atom stereocenters. The van der Waals surface area contributed by atoms with E-state index in [4.69, 9.17) is 0 Å². The Morgan fingerprint density at radius 2 is 2.20 bits per heavy atom. The van der Waals surface area contributed by atoms with Crippen LogP contribution in [0.2, 0.25) is 0 Å². The predicted octanol–water partition coefficient (Wildman–Crippen LogP) is 1.55. The lowest BCUT2D eigenvalue weighted by Crippen LogP contribution is -2.41.